The number of anilines is 2. The van der Waals surface area contributed by atoms with Gasteiger partial charge in [0.05, 0.1) is 5.41 Å². The van der Waals surface area contributed by atoms with E-state index >= 15 is 0 Å². The van der Waals surface area contributed by atoms with Crippen molar-refractivity contribution in [1.29, 1.82) is 0 Å². The molecular weight excluding hydrogens is 433 g/mol. The number of nitrogens with one attached hydrogen (secondary N) is 1. The highest BCUT2D eigenvalue weighted by molar-refractivity contribution is 6.35. The lowest BCUT2D eigenvalue weighted by atomic mass is 9.73. The van der Waals surface area contributed by atoms with Crippen molar-refractivity contribution in [2.75, 3.05) is 36.5 Å². The fourth-order valence-corrected chi connectivity index (χ4v) is 4.94. The summed E-state index contributed by atoms with van der Waals surface area (Å²) in [6, 6.07) is 7.34. The largest absolute Gasteiger partial charge is 0.381 e. The average molecular weight is 455 g/mol. The van der Waals surface area contributed by atoms with Crippen LogP contribution in [-0.2, 0) is 14.9 Å². The van der Waals surface area contributed by atoms with Gasteiger partial charge < -0.3 is 15.0 Å². The van der Waals surface area contributed by atoms with Crippen LogP contribution in [0.25, 0.3) is 0 Å². The number of carbonyl (C=O) groups is 1. The van der Waals surface area contributed by atoms with Crippen LogP contribution in [-0.4, -0.2) is 32.2 Å². The molecule has 2 fully saturated rings. The van der Waals surface area contributed by atoms with Gasteiger partial charge in [0.1, 0.15) is 5.69 Å². The molecule has 0 atom stereocenters. The Morgan fingerprint density at radius 1 is 1.03 bits per heavy atom. The minimum Gasteiger partial charge on any atom is -0.381 e. The zero-order chi connectivity index (χ0) is 21.3. The maximum atomic E-state index is 14.7. The fraction of sp³-hybridized carbons (Fsp3) is 0.409. The Labute approximate surface area is 184 Å². The SMILES string of the molecule is O=C(Nc1cc(F)c(N2CCCC2)c(F)c1)C1(c2ccc(Cl)cc2Cl)CCOCC1. The molecular formula is C22H22Cl2F2N2O2. The van der Waals surface area contributed by atoms with Crippen LogP contribution < -0.4 is 10.2 Å². The third-order valence-electron chi connectivity index (χ3n) is 5.92. The van der Waals surface area contributed by atoms with E-state index in [2.05, 4.69) is 5.32 Å². The number of benzene rings is 2. The van der Waals surface area contributed by atoms with Gasteiger partial charge in [-0.3, -0.25) is 4.79 Å². The number of carbonyl (C=O) groups excluding carboxylic acids is 1. The van der Waals surface area contributed by atoms with E-state index in [0.717, 1.165) is 12.8 Å². The molecule has 0 bridgehead atoms. The van der Waals surface area contributed by atoms with E-state index in [4.69, 9.17) is 27.9 Å². The molecule has 1 amide bonds. The van der Waals surface area contributed by atoms with Crippen LogP contribution in [0.5, 0.6) is 0 Å². The minimum absolute atomic E-state index is 0.0352. The van der Waals surface area contributed by atoms with Crippen LogP contribution in [0.1, 0.15) is 31.2 Å². The first kappa shape index (κ1) is 21.3. The van der Waals surface area contributed by atoms with Crippen molar-refractivity contribution in [3.05, 3.63) is 57.6 Å². The van der Waals surface area contributed by atoms with Crippen molar-refractivity contribution in [2.45, 2.75) is 31.1 Å². The van der Waals surface area contributed by atoms with Gasteiger partial charge in [0, 0.05) is 42.0 Å². The number of halogens is 4. The molecule has 30 heavy (non-hydrogen) atoms. The molecule has 0 aromatic heterocycles. The molecule has 4 rings (SSSR count). The molecule has 160 valence electrons. The van der Waals surface area contributed by atoms with Gasteiger partial charge in [-0.05, 0) is 55.5 Å². The third kappa shape index (κ3) is 4.01. The van der Waals surface area contributed by atoms with Crippen LogP contribution in [0.2, 0.25) is 10.0 Å². The van der Waals surface area contributed by atoms with Crippen molar-refractivity contribution in [3.8, 4) is 0 Å². The van der Waals surface area contributed by atoms with Gasteiger partial charge in [-0.2, -0.15) is 0 Å². The summed E-state index contributed by atoms with van der Waals surface area (Å²) >= 11 is 12.4. The topological polar surface area (TPSA) is 41.6 Å². The highest BCUT2D eigenvalue weighted by Gasteiger charge is 2.43. The molecule has 2 aromatic carbocycles. The van der Waals surface area contributed by atoms with Gasteiger partial charge in [-0.25, -0.2) is 8.78 Å². The molecule has 2 saturated heterocycles. The third-order valence-corrected chi connectivity index (χ3v) is 6.47. The predicted molar refractivity (Wildman–Crippen MR) is 115 cm³/mol. The monoisotopic (exact) mass is 454 g/mol. The van der Waals surface area contributed by atoms with Gasteiger partial charge in [0.25, 0.3) is 0 Å². The van der Waals surface area contributed by atoms with Crippen LogP contribution in [0.3, 0.4) is 0 Å². The Hall–Kier alpha value is -1.89. The lowest BCUT2D eigenvalue weighted by molar-refractivity contribution is -0.125. The van der Waals surface area contributed by atoms with E-state index in [0.29, 0.717) is 54.8 Å². The summed E-state index contributed by atoms with van der Waals surface area (Å²) in [7, 11) is 0. The highest BCUT2D eigenvalue weighted by Crippen LogP contribution is 2.41. The van der Waals surface area contributed by atoms with Crippen LogP contribution in [0.4, 0.5) is 20.2 Å². The average Bonchev–Trinajstić information content (AvgIpc) is 3.22. The number of amides is 1. The van der Waals surface area contributed by atoms with Crippen LogP contribution in [0.15, 0.2) is 30.3 Å². The fourth-order valence-electron chi connectivity index (χ4n) is 4.35. The summed E-state index contributed by atoms with van der Waals surface area (Å²) in [5.41, 5.74) is -0.301. The first-order chi connectivity index (χ1) is 14.4. The van der Waals surface area contributed by atoms with Gasteiger partial charge in [-0.15, -0.1) is 0 Å². The number of rotatable bonds is 4. The summed E-state index contributed by atoms with van der Waals surface area (Å²) in [5, 5.41) is 3.55. The molecule has 0 aliphatic carbocycles. The van der Waals surface area contributed by atoms with E-state index in [-0.39, 0.29) is 17.3 Å². The maximum Gasteiger partial charge on any atom is 0.235 e. The molecule has 4 nitrogen and oxygen atoms in total. The lowest BCUT2D eigenvalue weighted by Gasteiger charge is -2.37. The Bertz CT molecular complexity index is 935. The maximum absolute atomic E-state index is 14.7. The van der Waals surface area contributed by atoms with Gasteiger partial charge in [0.2, 0.25) is 5.91 Å². The second-order valence-corrected chi connectivity index (χ2v) is 8.60. The summed E-state index contributed by atoms with van der Waals surface area (Å²) in [5.74, 6) is -1.74. The second kappa shape index (κ2) is 8.69. The first-order valence-electron chi connectivity index (χ1n) is 9.99. The Balaban J connectivity index is 1.65. The Morgan fingerprint density at radius 3 is 2.27 bits per heavy atom. The van der Waals surface area contributed by atoms with Gasteiger partial charge in [0.15, 0.2) is 11.6 Å². The smallest absolute Gasteiger partial charge is 0.235 e. The quantitative estimate of drug-likeness (QED) is 0.657. The van der Waals surface area contributed by atoms with Gasteiger partial charge in [-0.1, -0.05) is 29.3 Å². The van der Waals surface area contributed by atoms with Crippen LogP contribution >= 0.6 is 23.2 Å². The number of ether oxygens (including phenoxy) is 1. The molecule has 0 radical (unpaired) electrons. The van der Waals surface area contributed by atoms with Crippen molar-refractivity contribution < 1.29 is 18.3 Å². The normalized spacial score (nSPS) is 18.5. The number of hydrogen-bond donors (Lipinski definition) is 1. The predicted octanol–water partition coefficient (Wildman–Crippen LogP) is 5.56. The summed E-state index contributed by atoms with van der Waals surface area (Å²) in [6.45, 7) is 2.00. The highest BCUT2D eigenvalue weighted by atomic mass is 35.5. The Kier molecular flexibility index (Phi) is 6.19. The molecule has 8 heteroatoms. The second-order valence-electron chi connectivity index (χ2n) is 7.76. The summed E-state index contributed by atoms with van der Waals surface area (Å²) < 4.78 is 34.8. The zero-order valence-electron chi connectivity index (χ0n) is 16.3. The summed E-state index contributed by atoms with van der Waals surface area (Å²) in [6.07, 6.45) is 2.61. The van der Waals surface area contributed by atoms with Gasteiger partial charge >= 0.3 is 0 Å². The zero-order valence-corrected chi connectivity index (χ0v) is 17.8. The van der Waals surface area contributed by atoms with E-state index in [1.807, 2.05) is 0 Å². The Morgan fingerprint density at radius 2 is 1.67 bits per heavy atom. The number of hydrogen-bond acceptors (Lipinski definition) is 3. The van der Waals surface area contributed by atoms with E-state index in [9.17, 15) is 13.6 Å². The molecule has 2 aliphatic rings. The lowest BCUT2D eigenvalue weighted by Crippen LogP contribution is -2.45. The molecule has 2 heterocycles. The molecule has 0 spiro atoms. The first-order valence-corrected chi connectivity index (χ1v) is 10.7. The molecule has 1 N–H and O–H groups in total. The standard InChI is InChI=1S/C22H22Cl2F2N2O2/c23-14-3-4-16(17(24)11-14)22(5-9-30-10-6-22)21(29)27-15-12-18(25)20(19(26)13-15)28-7-1-2-8-28/h3-4,11-13H,1-2,5-10H2,(H,27,29). The van der Waals surface area contributed by atoms with Crippen molar-refractivity contribution in [2.24, 2.45) is 0 Å². The molecule has 2 aliphatic heterocycles. The van der Waals surface area contributed by atoms with E-state index in [1.165, 1.54) is 12.1 Å². The van der Waals surface area contributed by atoms with Crippen LogP contribution in [0, 0.1) is 11.6 Å². The van der Waals surface area contributed by atoms with Crippen molar-refractivity contribution >= 4 is 40.5 Å². The molecule has 0 saturated carbocycles. The van der Waals surface area contributed by atoms with Crippen molar-refractivity contribution in [1.82, 2.24) is 0 Å². The van der Waals surface area contributed by atoms with E-state index < -0.39 is 17.0 Å². The minimum atomic E-state index is -0.972. The molecule has 0 unspecified atom stereocenters. The van der Waals surface area contributed by atoms with Crippen molar-refractivity contribution in [3.63, 3.8) is 0 Å². The number of nitrogens with zero attached hydrogens (tertiary/aromatic N) is 1. The summed E-state index contributed by atoms with van der Waals surface area (Å²) in [4.78, 5) is 15.1. The van der Waals surface area contributed by atoms with E-state index in [1.54, 1.807) is 23.1 Å². The molecule has 2 aromatic rings.